The molecular formula is C46H92O4S2Sn. The second kappa shape index (κ2) is 38.0. The molecule has 0 aromatic heterocycles. The summed E-state index contributed by atoms with van der Waals surface area (Å²) in [6, 6.07) is 0. The summed E-state index contributed by atoms with van der Waals surface area (Å²) in [5, 5.41) is 0. The van der Waals surface area contributed by atoms with Crippen molar-refractivity contribution in [2.24, 2.45) is 23.7 Å². The fourth-order valence-electron chi connectivity index (χ4n) is 7.45. The number of thiol groups is 2. The standard InChI is InChI=1S/2C12H25.2C11H22O2S.Sn/c2*1-3-5-7-9-11-12-10-8-6-4-2;2*1-9(2)6-4-3-5-7-10(8-14)11(12)13;/h2*1,3-12H2,2H3;2*9-10,14H,3-8H2,1-2H3,(H,12,13);/q;;;;+2/p-2. The zero-order valence-electron chi connectivity index (χ0n) is 36.4. The van der Waals surface area contributed by atoms with E-state index in [1.165, 1.54) is 128 Å². The summed E-state index contributed by atoms with van der Waals surface area (Å²) >= 11 is 5.11. The van der Waals surface area contributed by atoms with Crippen LogP contribution in [-0.4, -0.2) is 42.6 Å². The molecule has 0 fully saturated rings. The number of hydrogen-bond donors (Lipinski definition) is 2. The molecule has 4 nitrogen and oxygen atoms in total. The van der Waals surface area contributed by atoms with Gasteiger partial charge in [0.25, 0.3) is 0 Å². The molecule has 0 aliphatic carbocycles. The monoisotopic (exact) mass is 893 g/mol. The van der Waals surface area contributed by atoms with Crippen LogP contribution in [0.2, 0.25) is 8.87 Å². The Kier molecular flexibility index (Phi) is 38.3. The quantitative estimate of drug-likeness (QED) is 0.0366. The van der Waals surface area contributed by atoms with Gasteiger partial charge in [-0.25, -0.2) is 0 Å². The normalized spacial score (nSPS) is 13.2. The first-order valence-electron chi connectivity index (χ1n) is 23.3. The Labute approximate surface area is 348 Å². The summed E-state index contributed by atoms with van der Waals surface area (Å²) in [4.78, 5) is 28.0. The molecule has 7 heteroatoms. The van der Waals surface area contributed by atoms with Gasteiger partial charge in [0, 0.05) is 0 Å². The first-order chi connectivity index (χ1) is 25.6. The van der Waals surface area contributed by atoms with E-state index in [-0.39, 0.29) is 23.8 Å². The van der Waals surface area contributed by atoms with Gasteiger partial charge in [-0.15, -0.1) is 0 Å². The summed E-state index contributed by atoms with van der Waals surface area (Å²) in [7, 11) is 0. The number of carbonyl (C=O) groups excluding carboxylic acids is 2. The molecule has 0 N–H and O–H groups in total. The number of unbranched alkanes of at least 4 members (excludes halogenated alkanes) is 22. The second-order valence-electron chi connectivity index (χ2n) is 17.4. The van der Waals surface area contributed by atoms with Gasteiger partial charge in [0.2, 0.25) is 0 Å². The van der Waals surface area contributed by atoms with Gasteiger partial charge < -0.3 is 0 Å². The number of rotatable bonds is 40. The molecular weight excluding hydrogens is 799 g/mol. The van der Waals surface area contributed by atoms with E-state index in [9.17, 15) is 9.59 Å². The third kappa shape index (κ3) is 32.1. The molecule has 316 valence electrons. The first-order valence-corrected chi connectivity index (χ1v) is 30.9. The van der Waals surface area contributed by atoms with E-state index < -0.39 is 19.2 Å². The maximum absolute atomic E-state index is 14.0. The van der Waals surface area contributed by atoms with Crippen molar-refractivity contribution in [3.8, 4) is 0 Å². The summed E-state index contributed by atoms with van der Waals surface area (Å²) in [6.07, 6.45) is 36.0. The topological polar surface area (TPSA) is 52.6 Å². The molecule has 0 heterocycles. The van der Waals surface area contributed by atoms with Crippen LogP contribution in [0.5, 0.6) is 0 Å². The summed E-state index contributed by atoms with van der Waals surface area (Å²) in [6.45, 7) is 13.6. The van der Waals surface area contributed by atoms with E-state index in [1.807, 2.05) is 0 Å². The summed E-state index contributed by atoms with van der Waals surface area (Å²) in [5.41, 5.74) is 0. The van der Waals surface area contributed by atoms with E-state index in [0.29, 0.717) is 23.3 Å². The third-order valence-corrected chi connectivity index (χ3v) is 21.7. The molecule has 53 heavy (non-hydrogen) atoms. The second-order valence-corrected chi connectivity index (χ2v) is 27.4. The van der Waals surface area contributed by atoms with Crippen molar-refractivity contribution >= 4 is 56.4 Å². The van der Waals surface area contributed by atoms with Crippen molar-refractivity contribution in [3.05, 3.63) is 0 Å². The molecule has 0 saturated heterocycles. The molecule has 2 atom stereocenters. The van der Waals surface area contributed by atoms with Gasteiger partial charge in [0.15, 0.2) is 0 Å². The Morgan fingerprint density at radius 2 is 0.679 bits per heavy atom. The van der Waals surface area contributed by atoms with Gasteiger partial charge in [-0.2, -0.15) is 0 Å². The van der Waals surface area contributed by atoms with Gasteiger partial charge in [-0.3, -0.25) is 0 Å². The third-order valence-electron chi connectivity index (χ3n) is 11.2. The Bertz CT molecular complexity index is 757. The molecule has 0 rings (SSSR count). The van der Waals surface area contributed by atoms with Crippen molar-refractivity contribution in [3.63, 3.8) is 0 Å². The summed E-state index contributed by atoms with van der Waals surface area (Å²) in [5.74, 6) is 1.68. The van der Waals surface area contributed by atoms with Crippen LogP contribution in [0.15, 0.2) is 0 Å². The predicted molar refractivity (Wildman–Crippen MR) is 242 cm³/mol. The average Bonchev–Trinajstić information content (AvgIpc) is 3.12. The molecule has 0 aromatic rings. The van der Waals surface area contributed by atoms with E-state index in [4.69, 9.17) is 6.15 Å². The van der Waals surface area contributed by atoms with Crippen molar-refractivity contribution in [1.29, 1.82) is 0 Å². The average molecular weight is 892 g/mol. The molecule has 0 saturated carbocycles. The van der Waals surface area contributed by atoms with Crippen LogP contribution in [0.4, 0.5) is 0 Å². The first kappa shape index (κ1) is 53.4. The van der Waals surface area contributed by atoms with Crippen LogP contribution >= 0.6 is 25.3 Å². The van der Waals surface area contributed by atoms with Gasteiger partial charge in [-0.05, 0) is 0 Å². The van der Waals surface area contributed by atoms with Gasteiger partial charge >= 0.3 is 350 Å². The Balaban J connectivity index is 5.76. The van der Waals surface area contributed by atoms with Crippen LogP contribution in [0.3, 0.4) is 0 Å². The predicted octanol–water partition coefficient (Wildman–Crippen LogP) is 15.7. The van der Waals surface area contributed by atoms with Crippen molar-refractivity contribution in [2.75, 3.05) is 11.5 Å². The van der Waals surface area contributed by atoms with Gasteiger partial charge in [-0.1, -0.05) is 0 Å². The van der Waals surface area contributed by atoms with Gasteiger partial charge in [0.05, 0.1) is 0 Å². The van der Waals surface area contributed by atoms with Crippen molar-refractivity contribution in [1.82, 2.24) is 0 Å². The zero-order chi connectivity index (χ0) is 39.4. The minimum atomic E-state index is -4.17. The molecule has 0 spiro atoms. The molecule has 0 bridgehead atoms. The fourth-order valence-corrected chi connectivity index (χ4v) is 17.7. The van der Waals surface area contributed by atoms with E-state index in [0.717, 1.165) is 73.1 Å². The van der Waals surface area contributed by atoms with Crippen LogP contribution in [0.1, 0.15) is 234 Å². The SMILES string of the molecule is CCCCCCCCCCC[CH2][Sn]([CH2]CCCCCCCCCCC)([O]C(=O)C(CS)CCCCCC(C)C)[O]C(=O)C(CS)CCCCCC(C)C. The van der Waals surface area contributed by atoms with Crippen molar-refractivity contribution in [2.45, 2.75) is 243 Å². The van der Waals surface area contributed by atoms with Gasteiger partial charge in [0.1, 0.15) is 0 Å². The molecule has 0 amide bonds. The van der Waals surface area contributed by atoms with E-state index >= 15 is 0 Å². The molecule has 0 aromatic carbocycles. The maximum atomic E-state index is 14.0. The zero-order valence-corrected chi connectivity index (χ0v) is 41.0. The Hall–Kier alpha value is 0.439. The Morgan fingerprint density at radius 3 is 0.962 bits per heavy atom. The van der Waals surface area contributed by atoms with Crippen LogP contribution in [0, 0.1) is 23.7 Å². The van der Waals surface area contributed by atoms with Crippen molar-refractivity contribution < 1.29 is 15.7 Å². The molecule has 2 unspecified atom stereocenters. The molecule has 0 radical (unpaired) electrons. The van der Waals surface area contributed by atoms with Crippen LogP contribution in [0.25, 0.3) is 0 Å². The van der Waals surface area contributed by atoms with E-state index in [2.05, 4.69) is 66.8 Å². The molecule has 0 aliphatic heterocycles. The minimum absolute atomic E-state index is 0.136. The Morgan fingerprint density at radius 1 is 0.415 bits per heavy atom. The van der Waals surface area contributed by atoms with Crippen LogP contribution in [-0.2, 0) is 15.7 Å². The fraction of sp³-hybridized carbons (Fsp3) is 0.957. The van der Waals surface area contributed by atoms with Crippen LogP contribution < -0.4 is 0 Å². The molecule has 0 aliphatic rings. The summed E-state index contributed by atoms with van der Waals surface area (Å²) < 4.78 is 15.1. The van der Waals surface area contributed by atoms with E-state index in [1.54, 1.807) is 0 Å². The number of hydrogen-bond acceptors (Lipinski definition) is 6. The number of carbonyl (C=O) groups is 2.